The predicted molar refractivity (Wildman–Crippen MR) is 149 cm³/mol. The molecule has 1 N–H and O–H groups in total. The molecule has 0 radical (unpaired) electrons. The van der Waals surface area contributed by atoms with Crippen LogP contribution in [0, 0.1) is 6.92 Å². The van der Waals surface area contributed by atoms with Crippen molar-refractivity contribution >= 4 is 28.9 Å². The lowest BCUT2D eigenvalue weighted by atomic mass is 9.96. The Morgan fingerprint density at radius 2 is 1.89 bits per heavy atom. The third-order valence-corrected chi connectivity index (χ3v) is 6.39. The number of ether oxygens (including phenoxy) is 1. The van der Waals surface area contributed by atoms with Gasteiger partial charge in [0.2, 0.25) is 5.95 Å². The van der Waals surface area contributed by atoms with Crippen molar-refractivity contribution in [3.8, 4) is 17.1 Å². The molecule has 38 heavy (non-hydrogen) atoms. The highest BCUT2D eigenvalue weighted by Gasteiger charge is 2.19. The molecule has 0 amide bonds. The lowest BCUT2D eigenvalue weighted by Crippen LogP contribution is -2.16. The molecule has 8 nitrogen and oxygen atoms in total. The summed E-state index contributed by atoms with van der Waals surface area (Å²) >= 11 is 6.10. The van der Waals surface area contributed by atoms with Gasteiger partial charge in [-0.2, -0.15) is 0 Å². The SMILES string of the molecule is COc1cc(C)nc(-c2cccc(CCCON=C3CCCc4cnc(Nc5cccc(Cl)c5)nc43)n2)c1. The first-order chi connectivity index (χ1) is 18.6. The first-order valence-electron chi connectivity index (χ1n) is 12.6. The van der Waals surface area contributed by atoms with E-state index in [9.17, 15) is 0 Å². The van der Waals surface area contributed by atoms with Crippen LogP contribution in [0.2, 0.25) is 5.02 Å². The third-order valence-electron chi connectivity index (χ3n) is 6.15. The van der Waals surface area contributed by atoms with E-state index < -0.39 is 0 Å². The number of rotatable bonds is 9. The standard InChI is InChI=1S/C29H29ClN6O2/c1-19-15-24(37-2)17-27(32-19)25-12-5-9-22(33-25)11-6-14-38-36-26-13-3-7-20-18-31-29(35-28(20)26)34-23-10-4-8-21(30)16-23/h4-5,8-10,12,15-18H,3,6-7,11,13-14H2,1-2H3,(H,31,34,35). The quantitative estimate of drug-likeness (QED) is 0.200. The zero-order valence-corrected chi connectivity index (χ0v) is 22.2. The van der Waals surface area contributed by atoms with Gasteiger partial charge in [-0.3, -0.25) is 9.97 Å². The maximum atomic E-state index is 6.10. The molecule has 9 heteroatoms. The van der Waals surface area contributed by atoms with Crippen LogP contribution in [0.25, 0.3) is 11.4 Å². The number of aromatic nitrogens is 4. The van der Waals surface area contributed by atoms with E-state index >= 15 is 0 Å². The largest absolute Gasteiger partial charge is 0.497 e. The molecule has 1 aliphatic carbocycles. The number of hydrogen-bond acceptors (Lipinski definition) is 8. The fraction of sp³-hybridized carbons (Fsp3) is 0.276. The van der Waals surface area contributed by atoms with Gasteiger partial charge in [-0.1, -0.05) is 28.9 Å². The van der Waals surface area contributed by atoms with Crippen LogP contribution < -0.4 is 10.1 Å². The Bertz CT molecular complexity index is 1460. The Morgan fingerprint density at radius 1 is 1.00 bits per heavy atom. The van der Waals surface area contributed by atoms with Gasteiger partial charge in [0.05, 0.1) is 24.2 Å². The smallest absolute Gasteiger partial charge is 0.227 e. The van der Waals surface area contributed by atoms with Crippen LogP contribution in [0.1, 0.15) is 41.9 Å². The molecule has 0 fully saturated rings. The molecular formula is C29H29ClN6O2. The molecule has 1 aromatic carbocycles. The van der Waals surface area contributed by atoms with Crippen molar-refractivity contribution in [3.63, 3.8) is 0 Å². The van der Waals surface area contributed by atoms with Crippen molar-refractivity contribution in [2.75, 3.05) is 19.0 Å². The van der Waals surface area contributed by atoms with Crippen LogP contribution in [0.4, 0.5) is 11.6 Å². The molecular weight excluding hydrogens is 500 g/mol. The van der Waals surface area contributed by atoms with Crippen molar-refractivity contribution in [1.29, 1.82) is 0 Å². The van der Waals surface area contributed by atoms with E-state index in [1.54, 1.807) is 7.11 Å². The number of methoxy groups -OCH3 is 1. The number of pyridine rings is 2. The second kappa shape index (κ2) is 12.0. The number of nitrogens with one attached hydrogen (secondary N) is 1. The number of oxime groups is 1. The van der Waals surface area contributed by atoms with Crippen LogP contribution in [0.5, 0.6) is 5.75 Å². The van der Waals surface area contributed by atoms with E-state index in [0.29, 0.717) is 17.6 Å². The normalized spacial score (nSPS) is 13.7. The van der Waals surface area contributed by atoms with Gasteiger partial charge in [-0.05, 0) is 74.9 Å². The predicted octanol–water partition coefficient (Wildman–Crippen LogP) is 6.34. The molecule has 1 aliphatic rings. The summed E-state index contributed by atoms with van der Waals surface area (Å²) in [7, 11) is 1.65. The van der Waals surface area contributed by atoms with Crippen LogP contribution in [-0.4, -0.2) is 39.4 Å². The number of hydrogen-bond donors (Lipinski definition) is 1. The second-order valence-electron chi connectivity index (χ2n) is 9.08. The van der Waals surface area contributed by atoms with Crippen molar-refractivity contribution < 1.29 is 9.57 Å². The average Bonchev–Trinajstić information content (AvgIpc) is 2.93. The topological polar surface area (TPSA) is 94.4 Å². The number of aryl methyl sites for hydroxylation is 3. The maximum Gasteiger partial charge on any atom is 0.227 e. The minimum atomic E-state index is 0.486. The van der Waals surface area contributed by atoms with Crippen LogP contribution >= 0.6 is 11.6 Å². The van der Waals surface area contributed by atoms with E-state index in [-0.39, 0.29) is 0 Å². The van der Waals surface area contributed by atoms with Gasteiger partial charge in [0, 0.05) is 40.4 Å². The Kier molecular flexibility index (Phi) is 8.09. The molecule has 194 valence electrons. The molecule has 0 saturated carbocycles. The summed E-state index contributed by atoms with van der Waals surface area (Å²) < 4.78 is 5.38. The van der Waals surface area contributed by atoms with Gasteiger partial charge in [-0.15, -0.1) is 0 Å². The van der Waals surface area contributed by atoms with E-state index in [1.165, 1.54) is 0 Å². The van der Waals surface area contributed by atoms with Gasteiger partial charge in [0.15, 0.2) is 0 Å². The fourth-order valence-electron chi connectivity index (χ4n) is 4.34. The minimum absolute atomic E-state index is 0.486. The number of fused-ring (bicyclic) bond motifs is 1. The minimum Gasteiger partial charge on any atom is -0.497 e. The summed E-state index contributed by atoms with van der Waals surface area (Å²) in [6.45, 7) is 2.43. The lowest BCUT2D eigenvalue weighted by Gasteiger charge is -2.17. The summed E-state index contributed by atoms with van der Waals surface area (Å²) in [5.41, 5.74) is 7.10. The molecule has 0 spiro atoms. The Balaban J connectivity index is 1.20. The highest BCUT2D eigenvalue weighted by atomic mass is 35.5. The first-order valence-corrected chi connectivity index (χ1v) is 13.0. The van der Waals surface area contributed by atoms with Crippen molar-refractivity contribution in [2.45, 2.75) is 39.0 Å². The molecule has 3 aromatic heterocycles. The fourth-order valence-corrected chi connectivity index (χ4v) is 4.53. The Morgan fingerprint density at radius 3 is 2.76 bits per heavy atom. The summed E-state index contributed by atoms with van der Waals surface area (Å²) in [4.78, 5) is 24.3. The van der Waals surface area contributed by atoms with E-state index in [1.807, 2.05) is 67.7 Å². The van der Waals surface area contributed by atoms with E-state index in [2.05, 4.69) is 20.4 Å². The van der Waals surface area contributed by atoms with Gasteiger partial charge >= 0.3 is 0 Å². The summed E-state index contributed by atoms with van der Waals surface area (Å²) in [5, 5.41) is 8.31. The van der Waals surface area contributed by atoms with Crippen LogP contribution in [0.3, 0.4) is 0 Å². The van der Waals surface area contributed by atoms with Crippen molar-refractivity contribution in [2.24, 2.45) is 5.16 Å². The zero-order chi connectivity index (χ0) is 26.3. The third kappa shape index (κ3) is 6.44. The molecule has 0 unspecified atom stereocenters. The summed E-state index contributed by atoms with van der Waals surface area (Å²) in [6.07, 6.45) is 6.16. The molecule has 0 aliphatic heterocycles. The monoisotopic (exact) mass is 528 g/mol. The van der Waals surface area contributed by atoms with E-state index in [4.69, 9.17) is 31.1 Å². The summed E-state index contributed by atoms with van der Waals surface area (Å²) in [6, 6.07) is 17.3. The van der Waals surface area contributed by atoms with Gasteiger partial charge < -0.3 is 14.9 Å². The molecule has 0 atom stereocenters. The summed E-state index contributed by atoms with van der Waals surface area (Å²) in [5.74, 6) is 1.28. The van der Waals surface area contributed by atoms with E-state index in [0.717, 1.165) is 83.3 Å². The second-order valence-corrected chi connectivity index (χ2v) is 9.52. The first kappa shape index (κ1) is 25.6. The highest BCUT2D eigenvalue weighted by Crippen LogP contribution is 2.24. The number of nitrogens with zero attached hydrogens (tertiary/aromatic N) is 5. The van der Waals surface area contributed by atoms with Gasteiger partial charge in [0.1, 0.15) is 18.1 Å². The number of anilines is 2. The molecule has 4 aromatic rings. The van der Waals surface area contributed by atoms with Crippen LogP contribution in [0.15, 0.2) is 65.9 Å². The molecule has 0 bridgehead atoms. The van der Waals surface area contributed by atoms with Crippen molar-refractivity contribution in [3.05, 3.63) is 88.5 Å². The molecule has 0 saturated heterocycles. The number of halogens is 1. The lowest BCUT2D eigenvalue weighted by molar-refractivity contribution is 0.141. The van der Waals surface area contributed by atoms with Gasteiger partial charge in [0.25, 0.3) is 0 Å². The van der Waals surface area contributed by atoms with Gasteiger partial charge in [-0.25, -0.2) is 9.97 Å². The zero-order valence-electron chi connectivity index (χ0n) is 21.4. The number of benzene rings is 1. The maximum absolute atomic E-state index is 6.10. The Labute approximate surface area is 227 Å². The average molecular weight is 529 g/mol. The Hall–Kier alpha value is -4.04. The highest BCUT2D eigenvalue weighted by molar-refractivity contribution is 6.30. The van der Waals surface area contributed by atoms with Crippen molar-refractivity contribution in [1.82, 2.24) is 19.9 Å². The molecule has 3 heterocycles. The molecule has 5 rings (SSSR count). The van der Waals surface area contributed by atoms with Crippen LogP contribution in [-0.2, 0) is 17.7 Å².